The largest absolute Gasteiger partial charge is 0.468 e. The Kier molecular flexibility index (Phi) is 4.91. The molecule has 1 aromatic carbocycles. The van der Waals surface area contributed by atoms with Gasteiger partial charge in [-0.05, 0) is 56.9 Å². The first kappa shape index (κ1) is 14.7. The molecule has 18 heavy (non-hydrogen) atoms. The number of ether oxygens (including phenoxy) is 1. The number of rotatable bonds is 4. The van der Waals surface area contributed by atoms with Crippen LogP contribution in [0.25, 0.3) is 0 Å². The van der Waals surface area contributed by atoms with Crippen LogP contribution in [0.4, 0.5) is 0 Å². The Balaban J connectivity index is 2.87. The number of aryl methyl sites for hydroxylation is 3. The van der Waals surface area contributed by atoms with Crippen LogP contribution >= 0.6 is 0 Å². The van der Waals surface area contributed by atoms with Crippen LogP contribution in [0.15, 0.2) is 12.1 Å². The van der Waals surface area contributed by atoms with Crippen molar-refractivity contribution < 1.29 is 9.53 Å². The van der Waals surface area contributed by atoms with Gasteiger partial charge < -0.3 is 4.74 Å². The molecule has 3 heteroatoms. The van der Waals surface area contributed by atoms with Crippen LogP contribution in [0.1, 0.15) is 42.1 Å². The zero-order chi connectivity index (χ0) is 13.9. The molecule has 3 nitrogen and oxygen atoms in total. The zero-order valence-corrected chi connectivity index (χ0v) is 12.1. The molecule has 0 aromatic heterocycles. The van der Waals surface area contributed by atoms with Crippen molar-refractivity contribution in [2.24, 2.45) is 0 Å². The summed E-state index contributed by atoms with van der Waals surface area (Å²) in [6, 6.07) is 4.20. The van der Waals surface area contributed by atoms with E-state index >= 15 is 0 Å². The summed E-state index contributed by atoms with van der Waals surface area (Å²) in [5.74, 6) is -0.233. The van der Waals surface area contributed by atoms with E-state index in [1.807, 2.05) is 6.92 Å². The Morgan fingerprint density at radius 1 is 1.11 bits per heavy atom. The number of hydrogen-bond acceptors (Lipinski definition) is 3. The normalized spacial score (nSPS) is 14.1. The van der Waals surface area contributed by atoms with Crippen LogP contribution < -0.4 is 5.32 Å². The van der Waals surface area contributed by atoms with Crippen LogP contribution in [-0.2, 0) is 9.53 Å². The first-order valence-electron chi connectivity index (χ1n) is 6.28. The van der Waals surface area contributed by atoms with Gasteiger partial charge >= 0.3 is 5.97 Å². The predicted molar refractivity (Wildman–Crippen MR) is 73.7 cm³/mol. The summed E-state index contributed by atoms with van der Waals surface area (Å²) in [6.45, 7) is 10.2. The smallest absolute Gasteiger partial charge is 0.322 e. The van der Waals surface area contributed by atoms with E-state index in [0.717, 1.165) is 0 Å². The van der Waals surface area contributed by atoms with E-state index in [4.69, 9.17) is 4.74 Å². The summed E-state index contributed by atoms with van der Waals surface area (Å²) in [6.07, 6.45) is 0. The van der Waals surface area contributed by atoms with Crippen LogP contribution in [0, 0.1) is 20.8 Å². The second-order valence-corrected chi connectivity index (χ2v) is 4.93. The fourth-order valence-corrected chi connectivity index (χ4v) is 2.16. The number of esters is 1. The van der Waals surface area contributed by atoms with Crippen molar-refractivity contribution in [1.29, 1.82) is 0 Å². The van der Waals surface area contributed by atoms with Gasteiger partial charge in [0, 0.05) is 6.04 Å². The molecule has 0 aliphatic heterocycles. The van der Waals surface area contributed by atoms with E-state index in [-0.39, 0.29) is 18.1 Å². The minimum Gasteiger partial charge on any atom is -0.468 e. The van der Waals surface area contributed by atoms with Gasteiger partial charge in [-0.25, -0.2) is 0 Å². The van der Waals surface area contributed by atoms with Crippen molar-refractivity contribution in [1.82, 2.24) is 5.32 Å². The van der Waals surface area contributed by atoms with Crippen molar-refractivity contribution in [2.45, 2.75) is 46.7 Å². The highest BCUT2D eigenvalue weighted by atomic mass is 16.5. The maximum Gasteiger partial charge on any atom is 0.322 e. The molecule has 2 atom stereocenters. The van der Waals surface area contributed by atoms with Gasteiger partial charge in [-0.1, -0.05) is 12.1 Å². The van der Waals surface area contributed by atoms with Crippen LogP contribution in [0.3, 0.4) is 0 Å². The van der Waals surface area contributed by atoms with E-state index in [2.05, 4.69) is 45.1 Å². The molecule has 1 unspecified atom stereocenters. The summed E-state index contributed by atoms with van der Waals surface area (Å²) in [5.41, 5.74) is 5.04. The Hall–Kier alpha value is -1.35. The highest BCUT2D eigenvalue weighted by Crippen LogP contribution is 2.22. The van der Waals surface area contributed by atoms with Gasteiger partial charge in [-0.3, -0.25) is 10.1 Å². The topological polar surface area (TPSA) is 38.3 Å². The van der Waals surface area contributed by atoms with Gasteiger partial charge in [-0.2, -0.15) is 0 Å². The van der Waals surface area contributed by atoms with Crippen molar-refractivity contribution in [3.8, 4) is 0 Å². The standard InChI is InChI=1S/C15H23NO2/c1-9-7-11(3)14(8-10(9)2)12(4)16-13(5)15(17)18-6/h7-8,12-13,16H,1-6H3/t12?,13-/m0/s1. The minimum atomic E-state index is -0.300. The zero-order valence-electron chi connectivity index (χ0n) is 12.1. The van der Waals surface area contributed by atoms with E-state index in [0.29, 0.717) is 0 Å². The molecular weight excluding hydrogens is 226 g/mol. The van der Waals surface area contributed by atoms with Crippen molar-refractivity contribution in [2.75, 3.05) is 7.11 Å². The molecule has 0 aliphatic rings. The quantitative estimate of drug-likeness (QED) is 0.834. The molecule has 0 saturated heterocycles. The number of methoxy groups -OCH3 is 1. The van der Waals surface area contributed by atoms with Crippen molar-refractivity contribution >= 4 is 5.97 Å². The van der Waals surface area contributed by atoms with E-state index in [1.54, 1.807) is 0 Å². The molecule has 100 valence electrons. The molecule has 1 rings (SSSR count). The molecule has 0 radical (unpaired) electrons. The third-order valence-corrected chi connectivity index (χ3v) is 3.40. The summed E-state index contributed by atoms with van der Waals surface area (Å²) in [7, 11) is 1.41. The van der Waals surface area contributed by atoms with Gasteiger partial charge in [0.1, 0.15) is 6.04 Å². The molecule has 0 aliphatic carbocycles. The van der Waals surface area contributed by atoms with E-state index in [1.165, 1.54) is 29.4 Å². The Labute approximate surface area is 110 Å². The molecular formula is C15H23NO2. The average molecular weight is 249 g/mol. The summed E-state index contributed by atoms with van der Waals surface area (Å²) < 4.78 is 4.72. The fourth-order valence-electron chi connectivity index (χ4n) is 2.16. The van der Waals surface area contributed by atoms with Gasteiger partial charge in [0.15, 0.2) is 0 Å². The van der Waals surface area contributed by atoms with Gasteiger partial charge in [0.25, 0.3) is 0 Å². The first-order valence-corrected chi connectivity index (χ1v) is 6.28. The third-order valence-electron chi connectivity index (χ3n) is 3.40. The number of carbonyl (C=O) groups excluding carboxylic acids is 1. The molecule has 0 fully saturated rings. The second-order valence-electron chi connectivity index (χ2n) is 4.93. The van der Waals surface area contributed by atoms with Crippen LogP contribution in [-0.4, -0.2) is 19.1 Å². The van der Waals surface area contributed by atoms with E-state index in [9.17, 15) is 4.79 Å². The lowest BCUT2D eigenvalue weighted by atomic mass is 9.96. The highest BCUT2D eigenvalue weighted by Gasteiger charge is 2.17. The SMILES string of the molecule is COC(=O)[C@H](C)NC(C)c1cc(C)c(C)cc1C. The van der Waals surface area contributed by atoms with Gasteiger partial charge in [0.05, 0.1) is 7.11 Å². The first-order chi connectivity index (χ1) is 8.36. The van der Waals surface area contributed by atoms with Gasteiger partial charge in [0.2, 0.25) is 0 Å². The molecule has 0 bridgehead atoms. The molecule has 0 heterocycles. The van der Waals surface area contributed by atoms with Crippen LogP contribution in [0.2, 0.25) is 0 Å². The van der Waals surface area contributed by atoms with Gasteiger partial charge in [-0.15, -0.1) is 0 Å². The lowest BCUT2D eigenvalue weighted by Crippen LogP contribution is -2.36. The second kappa shape index (κ2) is 6.01. The third kappa shape index (κ3) is 3.33. The summed E-state index contributed by atoms with van der Waals surface area (Å²) >= 11 is 0. The van der Waals surface area contributed by atoms with Crippen molar-refractivity contribution in [3.05, 3.63) is 34.4 Å². The number of benzene rings is 1. The number of hydrogen-bond donors (Lipinski definition) is 1. The van der Waals surface area contributed by atoms with Crippen molar-refractivity contribution in [3.63, 3.8) is 0 Å². The number of carbonyl (C=O) groups is 1. The predicted octanol–water partition coefficient (Wildman–Crippen LogP) is 2.82. The lowest BCUT2D eigenvalue weighted by Gasteiger charge is -2.21. The fraction of sp³-hybridized carbons (Fsp3) is 0.533. The molecule has 1 aromatic rings. The Morgan fingerprint density at radius 2 is 1.67 bits per heavy atom. The average Bonchev–Trinajstić information content (AvgIpc) is 2.32. The Bertz CT molecular complexity index is 440. The summed E-state index contributed by atoms with van der Waals surface area (Å²) in [4.78, 5) is 11.4. The Morgan fingerprint density at radius 3 is 2.22 bits per heavy atom. The monoisotopic (exact) mass is 249 g/mol. The number of nitrogens with one attached hydrogen (secondary N) is 1. The maximum atomic E-state index is 11.4. The highest BCUT2D eigenvalue weighted by molar-refractivity contribution is 5.75. The molecule has 0 saturated carbocycles. The molecule has 0 amide bonds. The van der Waals surface area contributed by atoms with Crippen LogP contribution in [0.5, 0.6) is 0 Å². The minimum absolute atomic E-state index is 0.124. The lowest BCUT2D eigenvalue weighted by molar-refractivity contribution is -0.142. The maximum absolute atomic E-state index is 11.4. The summed E-state index contributed by atoms with van der Waals surface area (Å²) in [5, 5.41) is 3.26. The molecule has 0 spiro atoms. The van der Waals surface area contributed by atoms with E-state index < -0.39 is 0 Å². The molecule has 1 N–H and O–H groups in total.